The number of benzene rings is 1. The number of hydrogen-bond acceptors (Lipinski definition) is 6. The van der Waals surface area contributed by atoms with Crippen molar-refractivity contribution < 1.29 is 9.59 Å². The largest absolute Gasteiger partial charge is 0.329 e. The first-order valence-corrected chi connectivity index (χ1v) is 12.0. The summed E-state index contributed by atoms with van der Waals surface area (Å²) in [4.78, 5) is 42.1. The van der Waals surface area contributed by atoms with Gasteiger partial charge in [-0.25, -0.2) is 9.78 Å². The molecular formula is C29H26N6O2. The van der Waals surface area contributed by atoms with Gasteiger partial charge in [0.15, 0.2) is 0 Å². The molecule has 0 unspecified atom stereocenters. The van der Waals surface area contributed by atoms with Crippen molar-refractivity contribution in [1.82, 2.24) is 19.9 Å². The lowest BCUT2D eigenvalue weighted by Gasteiger charge is -2.35. The summed E-state index contributed by atoms with van der Waals surface area (Å²) in [7, 11) is 1.76. The lowest BCUT2D eigenvalue weighted by molar-refractivity contribution is -0.116. The fraction of sp³-hybridized carbons (Fsp3) is 0.241. The van der Waals surface area contributed by atoms with Crippen molar-refractivity contribution in [3.8, 4) is 17.3 Å². The Hall–Kier alpha value is -4.64. The highest BCUT2D eigenvalue weighted by Crippen LogP contribution is 2.39. The highest BCUT2D eigenvalue weighted by Gasteiger charge is 2.32. The summed E-state index contributed by atoms with van der Waals surface area (Å²) in [5, 5.41) is 9.51. The minimum Gasteiger partial charge on any atom is -0.323 e. The summed E-state index contributed by atoms with van der Waals surface area (Å²) in [5.41, 5.74) is 6.00. The summed E-state index contributed by atoms with van der Waals surface area (Å²) in [6.45, 7) is 5.69. The molecule has 0 fully saturated rings. The van der Waals surface area contributed by atoms with Crippen LogP contribution < -0.4 is 4.90 Å². The van der Waals surface area contributed by atoms with E-state index in [2.05, 4.69) is 16.0 Å². The standard InChI is InChI=1S/C29H26N6O2/c1-18(36)13-22-8-5-19(14-31-22)24-11-12-25-26(33-24)27-20(15-32-25)16-34(4)28(37)35(27)23-9-6-21(7-10-23)29(2,3)17-30/h5-12,14-15H,13,16H2,1-4H3. The molecule has 1 aliphatic rings. The van der Waals surface area contributed by atoms with Crippen LogP contribution in [0.2, 0.25) is 0 Å². The maximum atomic E-state index is 13.5. The van der Waals surface area contributed by atoms with E-state index in [9.17, 15) is 14.9 Å². The molecule has 0 saturated carbocycles. The van der Waals surface area contributed by atoms with Crippen molar-refractivity contribution in [2.75, 3.05) is 11.9 Å². The van der Waals surface area contributed by atoms with E-state index in [4.69, 9.17) is 4.98 Å². The van der Waals surface area contributed by atoms with Crippen molar-refractivity contribution in [1.29, 1.82) is 5.26 Å². The smallest absolute Gasteiger partial charge is 0.323 e. The number of carbonyl (C=O) groups excluding carboxylic acids is 2. The van der Waals surface area contributed by atoms with Gasteiger partial charge >= 0.3 is 6.03 Å². The van der Waals surface area contributed by atoms with Crippen molar-refractivity contribution in [2.45, 2.75) is 39.2 Å². The number of fused-ring (bicyclic) bond motifs is 3. The third-order valence-corrected chi connectivity index (χ3v) is 6.59. The van der Waals surface area contributed by atoms with E-state index >= 15 is 0 Å². The zero-order valence-corrected chi connectivity index (χ0v) is 21.2. The number of carbonyl (C=O) groups is 2. The zero-order chi connectivity index (χ0) is 26.3. The van der Waals surface area contributed by atoms with Gasteiger partial charge in [-0.3, -0.25) is 19.7 Å². The van der Waals surface area contributed by atoms with Crippen LogP contribution in [-0.4, -0.2) is 38.7 Å². The quantitative estimate of drug-likeness (QED) is 0.375. The van der Waals surface area contributed by atoms with Crippen LogP contribution >= 0.6 is 0 Å². The van der Waals surface area contributed by atoms with Gasteiger partial charge in [-0.2, -0.15) is 5.26 Å². The normalized spacial score (nSPS) is 13.4. The van der Waals surface area contributed by atoms with Crippen LogP contribution in [-0.2, 0) is 23.2 Å². The minimum absolute atomic E-state index is 0.0562. The number of nitrogens with zero attached hydrogens (tertiary/aromatic N) is 6. The molecule has 8 nitrogen and oxygen atoms in total. The van der Waals surface area contributed by atoms with E-state index in [0.29, 0.717) is 40.3 Å². The van der Waals surface area contributed by atoms with E-state index in [1.165, 1.54) is 0 Å². The van der Waals surface area contributed by atoms with Gasteiger partial charge in [-0.05, 0) is 62.7 Å². The van der Waals surface area contributed by atoms with Gasteiger partial charge in [0.05, 0.1) is 40.6 Å². The molecule has 0 bridgehead atoms. The Kier molecular flexibility index (Phi) is 5.92. The van der Waals surface area contributed by atoms with Gasteiger partial charge in [0.1, 0.15) is 11.3 Å². The van der Waals surface area contributed by atoms with Crippen molar-refractivity contribution >= 4 is 34.2 Å². The number of ketones is 1. The summed E-state index contributed by atoms with van der Waals surface area (Å²) < 4.78 is 0. The topological polar surface area (TPSA) is 103 Å². The number of amides is 2. The maximum absolute atomic E-state index is 13.5. The molecule has 0 atom stereocenters. The number of urea groups is 1. The highest BCUT2D eigenvalue weighted by molar-refractivity contribution is 6.08. The van der Waals surface area contributed by atoms with Gasteiger partial charge in [0.25, 0.3) is 0 Å². The Labute approximate surface area is 215 Å². The van der Waals surface area contributed by atoms with E-state index in [0.717, 1.165) is 16.7 Å². The van der Waals surface area contributed by atoms with E-state index < -0.39 is 5.41 Å². The zero-order valence-electron chi connectivity index (χ0n) is 21.2. The number of aromatic nitrogens is 3. The minimum atomic E-state index is -0.639. The Bertz CT molecular complexity index is 1570. The van der Waals surface area contributed by atoms with Crippen LogP contribution in [0.1, 0.15) is 37.6 Å². The monoisotopic (exact) mass is 490 g/mol. The van der Waals surface area contributed by atoms with Crippen LogP contribution in [0.15, 0.2) is 60.9 Å². The molecule has 4 aromatic rings. The average molecular weight is 491 g/mol. The first kappa shape index (κ1) is 24.1. The highest BCUT2D eigenvalue weighted by atomic mass is 16.2. The number of rotatable bonds is 5. The van der Waals surface area contributed by atoms with Crippen LogP contribution in [0.3, 0.4) is 0 Å². The third-order valence-electron chi connectivity index (χ3n) is 6.59. The molecule has 0 N–H and O–H groups in total. The van der Waals surface area contributed by atoms with Gasteiger partial charge < -0.3 is 4.90 Å². The predicted octanol–water partition coefficient (Wildman–Crippen LogP) is 5.33. The molecule has 1 aromatic carbocycles. The Morgan fingerprint density at radius 3 is 2.46 bits per heavy atom. The second-order valence-electron chi connectivity index (χ2n) is 9.87. The molecule has 184 valence electrons. The molecule has 8 heteroatoms. The molecule has 1 aliphatic heterocycles. The molecule has 0 saturated heterocycles. The van der Waals surface area contributed by atoms with Gasteiger partial charge in [0, 0.05) is 42.7 Å². The molecule has 0 radical (unpaired) electrons. The lowest BCUT2D eigenvalue weighted by atomic mass is 9.86. The SMILES string of the molecule is CC(=O)Cc1ccc(-c2ccc3ncc4c(c3n2)N(c2ccc(C(C)(C)C#N)cc2)C(=O)N(C)C4)cn1. The van der Waals surface area contributed by atoms with E-state index in [1.807, 2.05) is 62.4 Å². The van der Waals surface area contributed by atoms with Crippen molar-refractivity contribution in [2.24, 2.45) is 0 Å². The summed E-state index contributed by atoms with van der Waals surface area (Å²) in [6.07, 6.45) is 3.79. The van der Waals surface area contributed by atoms with Crippen LogP contribution in [0.25, 0.3) is 22.3 Å². The second-order valence-corrected chi connectivity index (χ2v) is 9.87. The van der Waals surface area contributed by atoms with E-state index in [1.54, 1.807) is 36.2 Å². The number of anilines is 2. The summed E-state index contributed by atoms with van der Waals surface area (Å²) >= 11 is 0. The molecule has 3 aromatic heterocycles. The van der Waals surface area contributed by atoms with Gasteiger partial charge in [0.2, 0.25) is 0 Å². The molecule has 0 spiro atoms. The van der Waals surface area contributed by atoms with Gasteiger partial charge in [-0.15, -0.1) is 0 Å². The van der Waals surface area contributed by atoms with Crippen LogP contribution in [0.4, 0.5) is 16.2 Å². The Morgan fingerprint density at radius 1 is 1.05 bits per heavy atom. The fourth-order valence-corrected chi connectivity index (χ4v) is 4.47. The predicted molar refractivity (Wildman–Crippen MR) is 141 cm³/mol. The summed E-state index contributed by atoms with van der Waals surface area (Å²) in [6, 6.07) is 17.1. The van der Waals surface area contributed by atoms with Gasteiger partial charge in [-0.1, -0.05) is 12.1 Å². The molecular weight excluding hydrogens is 464 g/mol. The number of pyridine rings is 3. The van der Waals surface area contributed by atoms with Crippen LogP contribution in [0.5, 0.6) is 0 Å². The molecule has 37 heavy (non-hydrogen) atoms. The Balaban J connectivity index is 1.63. The maximum Gasteiger partial charge on any atom is 0.329 e. The first-order valence-electron chi connectivity index (χ1n) is 12.0. The molecule has 5 rings (SSSR count). The summed E-state index contributed by atoms with van der Waals surface area (Å²) in [5.74, 6) is 0.0562. The fourth-order valence-electron chi connectivity index (χ4n) is 4.47. The van der Waals surface area contributed by atoms with E-state index in [-0.39, 0.29) is 18.2 Å². The first-order chi connectivity index (χ1) is 17.7. The van der Waals surface area contributed by atoms with Crippen molar-refractivity contribution in [3.63, 3.8) is 0 Å². The molecule has 0 aliphatic carbocycles. The lowest BCUT2D eigenvalue weighted by Crippen LogP contribution is -2.42. The number of Topliss-reactive ketones (excluding diaryl/α,β-unsaturated/α-hetero) is 1. The van der Waals surface area contributed by atoms with Crippen LogP contribution in [0, 0.1) is 11.3 Å². The second kappa shape index (κ2) is 9.10. The van der Waals surface area contributed by atoms with Crippen molar-refractivity contribution in [3.05, 3.63) is 77.7 Å². The molecule has 2 amide bonds. The number of nitriles is 1. The molecule has 4 heterocycles. The average Bonchev–Trinajstić information content (AvgIpc) is 2.89. The number of hydrogen-bond donors (Lipinski definition) is 0. The third kappa shape index (κ3) is 4.40. The Morgan fingerprint density at radius 2 is 1.81 bits per heavy atom.